The van der Waals surface area contributed by atoms with E-state index in [1.54, 1.807) is 0 Å². The van der Waals surface area contributed by atoms with E-state index in [1.165, 1.54) is 19.3 Å². The van der Waals surface area contributed by atoms with Gasteiger partial charge in [-0.2, -0.15) is 0 Å². The molecule has 0 aromatic rings. The second-order valence-electron chi connectivity index (χ2n) is 4.83. The maximum Gasteiger partial charge on any atom is 0.309 e. The molecule has 2 nitrogen and oxygen atoms in total. The largest absolute Gasteiger partial charge is 0.459 e. The molecule has 0 saturated heterocycles. The highest BCUT2D eigenvalue weighted by Crippen LogP contribution is 2.35. The lowest BCUT2D eigenvalue weighted by Gasteiger charge is -2.36. The molecule has 1 aliphatic rings. The first-order valence-corrected chi connectivity index (χ1v) is 6.36. The van der Waals surface area contributed by atoms with Gasteiger partial charge in [-0.05, 0) is 38.5 Å². The molecule has 0 radical (unpaired) electrons. The summed E-state index contributed by atoms with van der Waals surface area (Å²) < 4.78 is 5.74. The first-order chi connectivity index (χ1) is 7.13. The molecule has 0 amide bonds. The van der Waals surface area contributed by atoms with Crippen LogP contribution in [-0.2, 0) is 9.53 Å². The van der Waals surface area contributed by atoms with Crippen LogP contribution in [0.5, 0.6) is 0 Å². The van der Waals surface area contributed by atoms with Crippen molar-refractivity contribution in [1.29, 1.82) is 0 Å². The number of ether oxygens (including phenoxy) is 1. The second kappa shape index (κ2) is 5.53. The Bertz CT molecular complexity index is 205. The zero-order valence-electron chi connectivity index (χ0n) is 10.3. The summed E-state index contributed by atoms with van der Waals surface area (Å²) in [5, 5.41) is 0. The number of carbonyl (C=O) groups excluding carboxylic acids is 1. The average Bonchev–Trinajstić information content (AvgIpc) is 2.29. The molecule has 88 valence electrons. The molecule has 0 aromatic heterocycles. The number of rotatable bonds is 4. The Balaban J connectivity index is 2.55. The lowest BCUT2D eigenvalue weighted by atomic mass is 9.82. The van der Waals surface area contributed by atoms with Gasteiger partial charge in [0.1, 0.15) is 5.60 Å². The van der Waals surface area contributed by atoms with E-state index in [0.29, 0.717) is 0 Å². The molecular weight excluding hydrogens is 188 g/mol. The molecule has 1 saturated carbocycles. The lowest BCUT2D eigenvalue weighted by Crippen LogP contribution is -2.38. The van der Waals surface area contributed by atoms with Crippen molar-refractivity contribution in [2.45, 2.75) is 71.3 Å². The molecular formula is C13H24O2. The van der Waals surface area contributed by atoms with E-state index >= 15 is 0 Å². The van der Waals surface area contributed by atoms with Crippen LogP contribution in [0.1, 0.15) is 65.7 Å². The van der Waals surface area contributed by atoms with E-state index in [0.717, 1.165) is 25.7 Å². The lowest BCUT2D eigenvalue weighted by molar-refractivity contribution is -0.168. The van der Waals surface area contributed by atoms with Crippen molar-refractivity contribution in [1.82, 2.24) is 0 Å². The van der Waals surface area contributed by atoms with E-state index in [9.17, 15) is 4.79 Å². The van der Waals surface area contributed by atoms with Crippen LogP contribution < -0.4 is 0 Å². The fraction of sp³-hybridized carbons (Fsp3) is 0.923. The highest BCUT2D eigenvalue weighted by Gasteiger charge is 2.34. The molecule has 0 aromatic carbocycles. The van der Waals surface area contributed by atoms with Gasteiger partial charge in [0.25, 0.3) is 0 Å². The zero-order chi connectivity index (χ0) is 11.3. The summed E-state index contributed by atoms with van der Waals surface area (Å²) in [5.41, 5.74) is -0.126. The van der Waals surface area contributed by atoms with Crippen molar-refractivity contribution < 1.29 is 9.53 Å². The van der Waals surface area contributed by atoms with E-state index in [2.05, 4.69) is 6.92 Å². The minimum atomic E-state index is -0.126. The Kier molecular flexibility index (Phi) is 4.62. The molecule has 0 spiro atoms. The zero-order valence-corrected chi connectivity index (χ0v) is 10.3. The van der Waals surface area contributed by atoms with Gasteiger partial charge in [-0.15, -0.1) is 0 Å². The number of hydrogen-bond acceptors (Lipinski definition) is 2. The van der Waals surface area contributed by atoms with Crippen LogP contribution in [0.15, 0.2) is 0 Å². The monoisotopic (exact) mass is 212 g/mol. The maximum absolute atomic E-state index is 11.8. The molecule has 0 aliphatic heterocycles. The van der Waals surface area contributed by atoms with Crippen LogP contribution in [0.25, 0.3) is 0 Å². The number of hydrogen-bond donors (Lipinski definition) is 0. The summed E-state index contributed by atoms with van der Waals surface area (Å²) in [6.07, 6.45) is 7.68. The second-order valence-corrected chi connectivity index (χ2v) is 4.83. The molecule has 1 atom stereocenters. The number of esters is 1. The fourth-order valence-corrected chi connectivity index (χ4v) is 2.20. The summed E-state index contributed by atoms with van der Waals surface area (Å²) in [6.45, 7) is 6.12. The summed E-state index contributed by atoms with van der Waals surface area (Å²) in [7, 11) is 0. The van der Waals surface area contributed by atoms with Crippen molar-refractivity contribution in [2.24, 2.45) is 5.92 Å². The highest BCUT2D eigenvalue weighted by atomic mass is 16.6. The van der Waals surface area contributed by atoms with Gasteiger partial charge in [0.05, 0.1) is 5.92 Å². The Morgan fingerprint density at radius 3 is 2.33 bits per heavy atom. The minimum Gasteiger partial charge on any atom is -0.459 e. The van der Waals surface area contributed by atoms with E-state index in [1.807, 2.05) is 13.8 Å². The van der Waals surface area contributed by atoms with Gasteiger partial charge < -0.3 is 4.74 Å². The van der Waals surface area contributed by atoms with E-state index in [-0.39, 0.29) is 17.5 Å². The molecule has 0 bridgehead atoms. The Morgan fingerprint density at radius 1 is 1.27 bits per heavy atom. The van der Waals surface area contributed by atoms with Crippen LogP contribution in [0, 0.1) is 5.92 Å². The molecule has 2 heteroatoms. The third-order valence-corrected chi connectivity index (χ3v) is 3.74. The molecule has 0 N–H and O–H groups in total. The SMILES string of the molecule is CCC(C)C(=O)OC1(CC)CCCCC1. The molecule has 15 heavy (non-hydrogen) atoms. The normalized spacial score (nSPS) is 22.1. The van der Waals surface area contributed by atoms with Gasteiger partial charge in [-0.3, -0.25) is 4.79 Å². The van der Waals surface area contributed by atoms with Crippen molar-refractivity contribution >= 4 is 5.97 Å². The fourth-order valence-electron chi connectivity index (χ4n) is 2.20. The molecule has 1 fully saturated rings. The molecule has 1 rings (SSSR count). The summed E-state index contributed by atoms with van der Waals surface area (Å²) in [4.78, 5) is 11.8. The van der Waals surface area contributed by atoms with Crippen molar-refractivity contribution in [2.75, 3.05) is 0 Å². The average molecular weight is 212 g/mol. The summed E-state index contributed by atoms with van der Waals surface area (Å²) in [5.74, 6) is 0.0524. The molecule has 1 unspecified atom stereocenters. The Labute approximate surface area is 93.4 Å². The Hall–Kier alpha value is -0.530. The first-order valence-electron chi connectivity index (χ1n) is 6.36. The minimum absolute atomic E-state index is 0.00116. The summed E-state index contributed by atoms with van der Waals surface area (Å²) >= 11 is 0. The Morgan fingerprint density at radius 2 is 1.87 bits per heavy atom. The number of carbonyl (C=O) groups is 1. The molecule has 0 heterocycles. The van der Waals surface area contributed by atoms with Crippen LogP contribution >= 0.6 is 0 Å². The van der Waals surface area contributed by atoms with Gasteiger partial charge in [0.2, 0.25) is 0 Å². The first kappa shape index (κ1) is 12.5. The predicted molar refractivity (Wildman–Crippen MR) is 61.7 cm³/mol. The van der Waals surface area contributed by atoms with Crippen molar-refractivity contribution in [3.05, 3.63) is 0 Å². The van der Waals surface area contributed by atoms with Crippen molar-refractivity contribution in [3.63, 3.8) is 0 Å². The van der Waals surface area contributed by atoms with Crippen molar-refractivity contribution in [3.8, 4) is 0 Å². The van der Waals surface area contributed by atoms with E-state index < -0.39 is 0 Å². The van der Waals surface area contributed by atoms with Gasteiger partial charge in [0, 0.05) is 0 Å². The van der Waals surface area contributed by atoms with Gasteiger partial charge >= 0.3 is 5.97 Å². The van der Waals surface area contributed by atoms with Gasteiger partial charge in [0.15, 0.2) is 0 Å². The maximum atomic E-state index is 11.8. The third-order valence-electron chi connectivity index (χ3n) is 3.74. The quantitative estimate of drug-likeness (QED) is 0.664. The standard InChI is InChI=1S/C13H24O2/c1-4-11(3)12(14)15-13(5-2)9-7-6-8-10-13/h11H,4-10H2,1-3H3. The van der Waals surface area contributed by atoms with Crippen LogP contribution in [0.4, 0.5) is 0 Å². The van der Waals surface area contributed by atoms with Crippen LogP contribution in [-0.4, -0.2) is 11.6 Å². The topological polar surface area (TPSA) is 26.3 Å². The smallest absolute Gasteiger partial charge is 0.309 e. The highest BCUT2D eigenvalue weighted by molar-refractivity contribution is 5.72. The molecule has 1 aliphatic carbocycles. The van der Waals surface area contributed by atoms with Crippen LogP contribution in [0.2, 0.25) is 0 Å². The van der Waals surface area contributed by atoms with Gasteiger partial charge in [-0.1, -0.05) is 27.2 Å². The van der Waals surface area contributed by atoms with E-state index in [4.69, 9.17) is 4.74 Å². The van der Waals surface area contributed by atoms with Gasteiger partial charge in [-0.25, -0.2) is 0 Å². The van der Waals surface area contributed by atoms with Crippen LogP contribution in [0.3, 0.4) is 0 Å². The predicted octanol–water partition coefficient (Wildman–Crippen LogP) is 3.69. The summed E-state index contributed by atoms with van der Waals surface area (Å²) in [6, 6.07) is 0. The third kappa shape index (κ3) is 3.22.